The van der Waals surface area contributed by atoms with Crippen LogP contribution >= 0.6 is 11.3 Å². The number of amides is 1. The van der Waals surface area contributed by atoms with Crippen molar-refractivity contribution in [3.05, 3.63) is 55.0 Å². The number of nitrogens with zero attached hydrogens (tertiary/aromatic N) is 6. The van der Waals surface area contributed by atoms with Crippen molar-refractivity contribution in [3.8, 4) is 11.3 Å². The van der Waals surface area contributed by atoms with Gasteiger partial charge in [0, 0.05) is 68.7 Å². The van der Waals surface area contributed by atoms with Crippen LogP contribution in [0.5, 0.6) is 0 Å². The summed E-state index contributed by atoms with van der Waals surface area (Å²) >= 11 is 1.49. The number of methoxy groups -OCH3 is 1. The van der Waals surface area contributed by atoms with Crippen LogP contribution in [-0.4, -0.2) is 70.1 Å². The first-order chi connectivity index (χ1) is 16.6. The zero-order chi connectivity index (χ0) is 23.5. The Balaban J connectivity index is 1.31. The Hall–Kier alpha value is -3.63. The highest BCUT2D eigenvalue weighted by molar-refractivity contribution is 7.21. The van der Waals surface area contributed by atoms with Gasteiger partial charge in [-0.3, -0.25) is 9.78 Å². The van der Waals surface area contributed by atoms with E-state index in [1.54, 1.807) is 25.7 Å². The summed E-state index contributed by atoms with van der Waals surface area (Å²) < 4.78 is 4.99. The standard InChI is InChI=1S/C24H25N7O2S/c1-16-14-30(22(32)15-33-2)11-12-31(16)18-7-10-26-21(13-18)29-24-28-20-4-3-19(27-23(20)34-24)17-5-8-25-9-6-17/h3-10,13,16H,11-12,14-15H2,1-2H3,(H,26,28,29)/t16-/m1/s1. The summed E-state index contributed by atoms with van der Waals surface area (Å²) in [5, 5.41) is 4.07. The molecule has 1 aliphatic heterocycles. The molecule has 10 heteroatoms. The number of nitrogens with one attached hydrogen (secondary N) is 1. The van der Waals surface area contributed by atoms with E-state index in [1.807, 2.05) is 41.3 Å². The van der Waals surface area contributed by atoms with Crippen molar-refractivity contribution >= 4 is 44.2 Å². The Morgan fingerprint density at radius 2 is 2.00 bits per heavy atom. The van der Waals surface area contributed by atoms with Gasteiger partial charge >= 0.3 is 0 Å². The van der Waals surface area contributed by atoms with Gasteiger partial charge in [0.25, 0.3) is 0 Å². The smallest absolute Gasteiger partial charge is 0.248 e. The number of aromatic nitrogens is 4. The monoisotopic (exact) mass is 475 g/mol. The van der Waals surface area contributed by atoms with Crippen molar-refractivity contribution in [2.45, 2.75) is 13.0 Å². The lowest BCUT2D eigenvalue weighted by molar-refractivity contribution is -0.135. The van der Waals surface area contributed by atoms with Crippen LogP contribution in [0.3, 0.4) is 0 Å². The molecule has 0 aromatic carbocycles. The lowest BCUT2D eigenvalue weighted by Crippen LogP contribution is -2.54. The highest BCUT2D eigenvalue weighted by atomic mass is 32.1. The van der Waals surface area contributed by atoms with E-state index in [0.29, 0.717) is 13.1 Å². The highest BCUT2D eigenvalue weighted by Crippen LogP contribution is 2.30. The Bertz CT molecular complexity index is 1300. The normalized spacial score (nSPS) is 16.1. The van der Waals surface area contributed by atoms with Gasteiger partial charge in [-0.25, -0.2) is 15.0 Å². The summed E-state index contributed by atoms with van der Waals surface area (Å²) in [4.78, 5) is 35.2. The van der Waals surface area contributed by atoms with E-state index in [0.717, 1.165) is 44.8 Å². The molecule has 0 saturated carbocycles. The molecule has 0 bridgehead atoms. The van der Waals surface area contributed by atoms with Crippen molar-refractivity contribution in [1.29, 1.82) is 0 Å². The number of hydrogen-bond donors (Lipinski definition) is 1. The van der Waals surface area contributed by atoms with Gasteiger partial charge in [0.15, 0.2) is 5.13 Å². The van der Waals surface area contributed by atoms with E-state index >= 15 is 0 Å². The average Bonchev–Trinajstić information content (AvgIpc) is 3.26. The third kappa shape index (κ3) is 4.68. The van der Waals surface area contributed by atoms with Crippen molar-refractivity contribution < 1.29 is 9.53 Å². The molecule has 9 nitrogen and oxygen atoms in total. The fourth-order valence-corrected chi connectivity index (χ4v) is 4.96. The van der Waals surface area contributed by atoms with E-state index in [-0.39, 0.29) is 18.6 Å². The molecule has 34 heavy (non-hydrogen) atoms. The van der Waals surface area contributed by atoms with Crippen molar-refractivity contribution in [1.82, 2.24) is 24.8 Å². The van der Waals surface area contributed by atoms with Gasteiger partial charge < -0.3 is 19.9 Å². The molecular formula is C24H25N7O2S. The summed E-state index contributed by atoms with van der Waals surface area (Å²) in [6.07, 6.45) is 5.31. The lowest BCUT2D eigenvalue weighted by Gasteiger charge is -2.41. The molecule has 0 spiro atoms. The lowest BCUT2D eigenvalue weighted by atomic mass is 10.1. The minimum absolute atomic E-state index is 0.0302. The number of carbonyl (C=O) groups is 1. The topological polar surface area (TPSA) is 96.4 Å². The number of anilines is 3. The van der Waals surface area contributed by atoms with E-state index < -0.39 is 0 Å². The second-order valence-electron chi connectivity index (χ2n) is 8.12. The zero-order valence-corrected chi connectivity index (χ0v) is 19.8. The van der Waals surface area contributed by atoms with Crippen molar-refractivity contribution in [3.63, 3.8) is 0 Å². The number of pyridine rings is 3. The van der Waals surface area contributed by atoms with Crippen LogP contribution in [0.25, 0.3) is 21.6 Å². The Morgan fingerprint density at radius 1 is 1.15 bits per heavy atom. The second kappa shape index (κ2) is 9.70. The number of piperazine rings is 1. The number of carbonyl (C=O) groups excluding carboxylic acids is 1. The van der Waals surface area contributed by atoms with Gasteiger partial charge in [-0.15, -0.1) is 0 Å². The number of fused-ring (bicyclic) bond motifs is 1. The SMILES string of the molecule is COCC(=O)N1CCN(c2ccnc(Nc3nc4ccc(-c5ccncc5)nc4s3)c2)[C@H](C)C1. The van der Waals surface area contributed by atoms with Crippen LogP contribution < -0.4 is 10.2 Å². The summed E-state index contributed by atoms with van der Waals surface area (Å²) in [5.74, 6) is 0.749. The zero-order valence-electron chi connectivity index (χ0n) is 19.0. The van der Waals surface area contributed by atoms with E-state index in [2.05, 4.69) is 32.1 Å². The molecule has 1 fully saturated rings. The second-order valence-corrected chi connectivity index (χ2v) is 9.09. The molecule has 1 N–H and O–H groups in total. The fourth-order valence-electron chi connectivity index (χ4n) is 4.11. The molecular weight excluding hydrogens is 450 g/mol. The maximum Gasteiger partial charge on any atom is 0.248 e. The molecule has 4 aromatic heterocycles. The van der Waals surface area contributed by atoms with Gasteiger partial charge in [0.1, 0.15) is 22.8 Å². The van der Waals surface area contributed by atoms with Gasteiger partial charge in [-0.2, -0.15) is 0 Å². The third-order valence-electron chi connectivity index (χ3n) is 5.79. The maximum atomic E-state index is 12.2. The van der Waals surface area contributed by atoms with E-state index in [1.165, 1.54) is 11.3 Å². The van der Waals surface area contributed by atoms with Crippen LogP contribution in [0, 0.1) is 0 Å². The minimum atomic E-state index is 0.0302. The predicted octanol–water partition coefficient (Wildman–Crippen LogP) is 3.58. The average molecular weight is 476 g/mol. The summed E-state index contributed by atoms with van der Waals surface area (Å²) in [6.45, 7) is 4.33. The van der Waals surface area contributed by atoms with Crippen LogP contribution in [0.15, 0.2) is 55.0 Å². The summed E-state index contributed by atoms with van der Waals surface area (Å²) in [7, 11) is 1.55. The van der Waals surface area contributed by atoms with E-state index in [4.69, 9.17) is 9.72 Å². The van der Waals surface area contributed by atoms with E-state index in [9.17, 15) is 4.79 Å². The van der Waals surface area contributed by atoms with Gasteiger partial charge in [0.2, 0.25) is 5.91 Å². The first-order valence-corrected chi connectivity index (χ1v) is 11.9. The molecule has 0 unspecified atom stereocenters. The van der Waals surface area contributed by atoms with Crippen LogP contribution in [0.2, 0.25) is 0 Å². The van der Waals surface area contributed by atoms with Crippen molar-refractivity contribution in [2.75, 3.05) is 43.6 Å². The number of thiazole rings is 1. The predicted molar refractivity (Wildman–Crippen MR) is 133 cm³/mol. The van der Waals surface area contributed by atoms with Gasteiger partial charge in [-0.1, -0.05) is 11.3 Å². The molecule has 5 heterocycles. The number of hydrogen-bond acceptors (Lipinski definition) is 9. The number of rotatable bonds is 6. The maximum absolute atomic E-state index is 12.2. The molecule has 1 aliphatic rings. The number of ether oxygens (including phenoxy) is 1. The molecule has 1 atom stereocenters. The quantitative estimate of drug-likeness (QED) is 0.452. The van der Waals surface area contributed by atoms with Crippen molar-refractivity contribution in [2.24, 2.45) is 0 Å². The molecule has 4 aromatic rings. The van der Waals surface area contributed by atoms with Gasteiger partial charge in [0.05, 0.1) is 5.69 Å². The Kier molecular flexibility index (Phi) is 6.33. The molecule has 0 radical (unpaired) electrons. The minimum Gasteiger partial charge on any atom is -0.375 e. The fraction of sp³-hybridized carbons (Fsp3) is 0.292. The molecule has 0 aliphatic carbocycles. The summed E-state index contributed by atoms with van der Waals surface area (Å²) in [6, 6.07) is 12.0. The molecule has 1 amide bonds. The molecule has 174 valence electrons. The van der Waals surface area contributed by atoms with Crippen LogP contribution in [0.1, 0.15) is 6.92 Å². The van der Waals surface area contributed by atoms with Crippen LogP contribution in [0.4, 0.5) is 16.6 Å². The summed E-state index contributed by atoms with van der Waals surface area (Å²) in [5.41, 5.74) is 3.81. The Morgan fingerprint density at radius 3 is 2.79 bits per heavy atom. The van der Waals surface area contributed by atoms with Crippen LogP contribution in [-0.2, 0) is 9.53 Å². The van der Waals surface area contributed by atoms with Gasteiger partial charge in [-0.05, 0) is 37.3 Å². The molecule has 5 rings (SSSR count). The highest BCUT2D eigenvalue weighted by Gasteiger charge is 2.27. The first-order valence-electron chi connectivity index (χ1n) is 11.0. The Labute approximate surface area is 201 Å². The third-order valence-corrected chi connectivity index (χ3v) is 6.67. The largest absolute Gasteiger partial charge is 0.375 e. The first kappa shape index (κ1) is 22.2. The molecule has 1 saturated heterocycles.